The van der Waals surface area contributed by atoms with Crippen LogP contribution in [0.2, 0.25) is 0 Å². The van der Waals surface area contributed by atoms with Crippen LogP contribution in [0.3, 0.4) is 0 Å². The number of hydrogen-bond donors (Lipinski definition) is 0. The lowest BCUT2D eigenvalue weighted by Gasteiger charge is -2.42. The molecule has 3 nitrogen and oxygen atoms in total. The van der Waals surface area contributed by atoms with Crippen molar-refractivity contribution in [1.82, 2.24) is 15.0 Å². The van der Waals surface area contributed by atoms with Crippen LogP contribution in [0, 0.1) is 0 Å². The van der Waals surface area contributed by atoms with Gasteiger partial charge in [-0.1, -0.05) is 151 Å². The van der Waals surface area contributed by atoms with Gasteiger partial charge in [-0.15, -0.1) is 0 Å². The molecule has 1 heterocycles. The third-order valence-corrected chi connectivity index (χ3v) is 12.0. The maximum Gasteiger partial charge on any atom is 0.164 e. The summed E-state index contributed by atoms with van der Waals surface area (Å²) in [5.41, 5.74) is 15.7. The van der Waals surface area contributed by atoms with Crippen molar-refractivity contribution in [1.29, 1.82) is 0 Å². The Morgan fingerprint density at radius 3 is 1.40 bits per heavy atom. The van der Waals surface area contributed by atoms with E-state index in [2.05, 4.69) is 181 Å². The summed E-state index contributed by atoms with van der Waals surface area (Å²) >= 11 is 0. The lowest BCUT2D eigenvalue weighted by atomic mass is 9.63. The van der Waals surface area contributed by atoms with Gasteiger partial charge in [0, 0.05) is 22.1 Å². The third kappa shape index (κ3) is 5.70. The molecule has 2 aliphatic carbocycles. The second-order valence-electron chi connectivity index (χ2n) is 16.8. The first-order chi connectivity index (χ1) is 25.5. The summed E-state index contributed by atoms with van der Waals surface area (Å²) < 4.78 is 0. The van der Waals surface area contributed by atoms with Gasteiger partial charge in [-0.3, -0.25) is 0 Å². The molecule has 7 aromatic rings. The summed E-state index contributed by atoms with van der Waals surface area (Å²) in [6.45, 7) is 14.1. The van der Waals surface area contributed by atoms with Crippen LogP contribution in [0.25, 0.3) is 67.5 Å². The zero-order valence-electron chi connectivity index (χ0n) is 31.5. The first-order valence-electron chi connectivity index (χ1n) is 18.9. The molecular weight excluding hydrogens is 643 g/mol. The van der Waals surface area contributed by atoms with Crippen LogP contribution >= 0.6 is 0 Å². The molecule has 1 aromatic heterocycles. The van der Waals surface area contributed by atoms with Gasteiger partial charge in [-0.2, -0.15) is 0 Å². The first kappa shape index (κ1) is 33.2. The van der Waals surface area contributed by atoms with Gasteiger partial charge in [0.25, 0.3) is 0 Å². The molecule has 9 rings (SSSR count). The topological polar surface area (TPSA) is 38.7 Å². The Hall–Kier alpha value is -5.67. The van der Waals surface area contributed by atoms with Crippen molar-refractivity contribution < 1.29 is 0 Å². The maximum atomic E-state index is 5.31. The smallest absolute Gasteiger partial charge is 0.164 e. The monoisotopic (exact) mass is 687 g/mol. The van der Waals surface area contributed by atoms with E-state index in [0.29, 0.717) is 17.5 Å². The number of benzene rings is 6. The van der Waals surface area contributed by atoms with E-state index in [-0.39, 0.29) is 16.2 Å². The molecule has 0 unspecified atom stereocenters. The summed E-state index contributed by atoms with van der Waals surface area (Å²) in [6.07, 6.45) is 2.32. The van der Waals surface area contributed by atoms with E-state index in [1.165, 1.54) is 39.8 Å². The normalized spacial score (nSPS) is 16.0. The number of fused-ring (bicyclic) bond motifs is 4. The molecule has 0 atom stereocenters. The lowest BCUT2D eigenvalue weighted by Crippen LogP contribution is -2.33. The Labute approximate surface area is 313 Å². The standard InChI is InChI=1S/C50H45N3/c1-48(2)25-26-49(3,4)44-31-35(22-24-42(44)48)46-51-45(34-21-23-40-39-19-13-14-20-41(39)50(5,6)43(40)30-34)52-47(53-46)38-28-36(32-15-9-7-10-16-32)27-37(29-38)33-17-11-8-12-18-33/h7-24,27-31H,25-26H2,1-6H3. The number of aromatic nitrogens is 3. The molecule has 0 radical (unpaired) electrons. The second kappa shape index (κ2) is 12.2. The summed E-state index contributed by atoms with van der Waals surface area (Å²) in [7, 11) is 0. The molecular formula is C50H45N3. The highest BCUT2D eigenvalue weighted by atomic mass is 15.0. The van der Waals surface area contributed by atoms with Crippen LogP contribution in [0.15, 0.2) is 140 Å². The highest BCUT2D eigenvalue weighted by Crippen LogP contribution is 2.50. The quantitative estimate of drug-likeness (QED) is 0.181. The van der Waals surface area contributed by atoms with Crippen LogP contribution in [-0.4, -0.2) is 15.0 Å². The average Bonchev–Trinajstić information content (AvgIpc) is 3.42. The van der Waals surface area contributed by atoms with E-state index in [1.807, 2.05) is 0 Å². The van der Waals surface area contributed by atoms with Gasteiger partial charge in [-0.05, 0) is 110 Å². The Kier molecular flexibility index (Phi) is 7.64. The number of nitrogens with zero attached hydrogens (tertiary/aromatic N) is 3. The van der Waals surface area contributed by atoms with E-state index in [0.717, 1.165) is 45.4 Å². The largest absolute Gasteiger partial charge is 0.208 e. The fraction of sp³-hybridized carbons (Fsp3) is 0.220. The fourth-order valence-corrected chi connectivity index (χ4v) is 8.69. The summed E-state index contributed by atoms with van der Waals surface area (Å²) in [4.78, 5) is 15.9. The minimum absolute atomic E-state index is 0.0642. The average molecular weight is 688 g/mol. The molecule has 0 saturated heterocycles. The van der Waals surface area contributed by atoms with Crippen LogP contribution in [0.4, 0.5) is 0 Å². The Morgan fingerprint density at radius 1 is 0.340 bits per heavy atom. The Balaban J connectivity index is 1.27. The maximum absolute atomic E-state index is 5.31. The molecule has 53 heavy (non-hydrogen) atoms. The zero-order chi connectivity index (χ0) is 36.5. The Morgan fingerprint density at radius 2 is 0.792 bits per heavy atom. The minimum atomic E-state index is -0.133. The SMILES string of the molecule is CC1(C)CCC(C)(C)c2cc(-c3nc(-c4cc(-c5ccccc5)cc(-c5ccccc5)c4)nc(-c4ccc5c(c4)C(C)(C)c4ccccc4-5)n3)ccc21. The first-order valence-corrected chi connectivity index (χ1v) is 18.9. The van der Waals surface area contributed by atoms with Crippen molar-refractivity contribution in [3.05, 3.63) is 162 Å². The molecule has 0 fully saturated rings. The molecule has 260 valence electrons. The zero-order valence-corrected chi connectivity index (χ0v) is 31.5. The van der Waals surface area contributed by atoms with E-state index >= 15 is 0 Å². The van der Waals surface area contributed by atoms with Crippen molar-refractivity contribution in [3.8, 4) is 67.5 Å². The predicted octanol–water partition coefficient (Wildman–Crippen LogP) is 12.9. The molecule has 0 spiro atoms. The van der Waals surface area contributed by atoms with Gasteiger partial charge in [0.15, 0.2) is 17.5 Å². The van der Waals surface area contributed by atoms with Gasteiger partial charge in [0.05, 0.1) is 0 Å². The molecule has 0 saturated carbocycles. The molecule has 2 aliphatic rings. The van der Waals surface area contributed by atoms with Crippen molar-refractivity contribution in [3.63, 3.8) is 0 Å². The summed E-state index contributed by atoms with van der Waals surface area (Å²) in [6, 6.07) is 50.3. The number of rotatable bonds is 5. The highest BCUT2D eigenvalue weighted by molar-refractivity contribution is 5.84. The van der Waals surface area contributed by atoms with Crippen molar-refractivity contribution in [2.75, 3.05) is 0 Å². The third-order valence-electron chi connectivity index (χ3n) is 12.0. The Bertz CT molecular complexity index is 2470. The van der Waals surface area contributed by atoms with E-state index < -0.39 is 0 Å². The van der Waals surface area contributed by atoms with Crippen molar-refractivity contribution in [2.24, 2.45) is 0 Å². The van der Waals surface area contributed by atoms with E-state index in [1.54, 1.807) is 0 Å². The van der Waals surface area contributed by atoms with Gasteiger partial charge >= 0.3 is 0 Å². The fourth-order valence-electron chi connectivity index (χ4n) is 8.69. The summed E-state index contributed by atoms with van der Waals surface area (Å²) in [5.74, 6) is 2.05. The van der Waals surface area contributed by atoms with Gasteiger partial charge in [0.1, 0.15) is 0 Å². The van der Waals surface area contributed by atoms with Gasteiger partial charge < -0.3 is 0 Å². The predicted molar refractivity (Wildman–Crippen MR) is 220 cm³/mol. The highest BCUT2D eigenvalue weighted by Gasteiger charge is 2.38. The van der Waals surface area contributed by atoms with Crippen LogP contribution in [0.5, 0.6) is 0 Å². The number of hydrogen-bond acceptors (Lipinski definition) is 3. The molecule has 3 heteroatoms. The molecule has 0 amide bonds. The molecule has 0 bridgehead atoms. The molecule has 0 aliphatic heterocycles. The molecule has 6 aromatic carbocycles. The van der Waals surface area contributed by atoms with Crippen molar-refractivity contribution >= 4 is 0 Å². The van der Waals surface area contributed by atoms with Gasteiger partial charge in [-0.25, -0.2) is 15.0 Å². The van der Waals surface area contributed by atoms with Crippen molar-refractivity contribution in [2.45, 2.75) is 70.6 Å². The second-order valence-corrected chi connectivity index (χ2v) is 16.8. The summed E-state index contributed by atoms with van der Waals surface area (Å²) in [5, 5.41) is 0. The van der Waals surface area contributed by atoms with Crippen LogP contribution in [0.1, 0.15) is 76.6 Å². The van der Waals surface area contributed by atoms with Crippen LogP contribution < -0.4 is 0 Å². The lowest BCUT2D eigenvalue weighted by molar-refractivity contribution is 0.332. The van der Waals surface area contributed by atoms with Crippen LogP contribution in [-0.2, 0) is 16.2 Å². The molecule has 0 N–H and O–H groups in total. The van der Waals surface area contributed by atoms with Gasteiger partial charge in [0.2, 0.25) is 0 Å². The van der Waals surface area contributed by atoms with E-state index in [9.17, 15) is 0 Å². The van der Waals surface area contributed by atoms with E-state index in [4.69, 9.17) is 15.0 Å². The minimum Gasteiger partial charge on any atom is -0.208 e.